The topological polar surface area (TPSA) is 75.6 Å². The van der Waals surface area contributed by atoms with Gasteiger partial charge < -0.3 is 5.32 Å². The first kappa shape index (κ1) is 14.3. The fourth-order valence-corrected chi connectivity index (χ4v) is 2.22. The number of halogens is 1. The monoisotopic (exact) mass is 315 g/mol. The molecule has 0 saturated heterocycles. The van der Waals surface area contributed by atoms with E-state index in [0.29, 0.717) is 22.5 Å². The molecule has 0 bridgehead atoms. The summed E-state index contributed by atoms with van der Waals surface area (Å²) in [6.07, 6.45) is 0. The van der Waals surface area contributed by atoms with Crippen LogP contribution in [-0.4, -0.2) is 19.7 Å². The van der Waals surface area contributed by atoms with Crippen LogP contribution in [-0.2, 0) is 0 Å². The number of hydrogen-bond acceptors (Lipinski definition) is 4. The summed E-state index contributed by atoms with van der Waals surface area (Å²) < 4.78 is 1.57. The number of aromatic nitrogens is 4. The van der Waals surface area contributed by atoms with Gasteiger partial charge in [0.2, 0.25) is 5.95 Å². The van der Waals surface area contributed by atoms with Crippen molar-refractivity contribution in [1.82, 2.24) is 19.7 Å². The highest BCUT2D eigenvalue weighted by Crippen LogP contribution is 2.21. The van der Waals surface area contributed by atoms with Crippen molar-refractivity contribution < 1.29 is 0 Å². The first-order chi connectivity index (χ1) is 10.5. The number of rotatable bonds is 3. The molecule has 22 heavy (non-hydrogen) atoms. The van der Waals surface area contributed by atoms with Crippen molar-refractivity contribution in [2.75, 3.05) is 5.32 Å². The molecule has 0 radical (unpaired) electrons. The Morgan fingerprint density at radius 1 is 1.14 bits per heavy atom. The molecule has 0 aliphatic rings. The van der Waals surface area contributed by atoms with Crippen molar-refractivity contribution in [3.8, 4) is 5.95 Å². The third-order valence-electron chi connectivity index (χ3n) is 3.01. The lowest BCUT2D eigenvalue weighted by molar-refractivity contribution is 0.790. The Morgan fingerprint density at radius 2 is 1.86 bits per heavy atom. The molecule has 0 atom stereocenters. The molecular formula is C15H14ClN5O. The summed E-state index contributed by atoms with van der Waals surface area (Å²) in [5.74, 6) is 1.07. The zero-order valence-corrected chi connectivity index (χ0v) is 12.8. The molecule has 3 rings (SSSR count). The molecule has 0 aliphatic heterocycles. The van der Waals surface area contributed by atoms with Crippen molar-refractivity contribution in [1.29, 1.82) is 0 Å². The maximum atomic E-state index is 11.6. The van der Waals surface area contributed by atoms with Crippen LogP contribution in [0, 0.1) is 13.8 Å². The van der Waals surface area contributed by atoms with Crippen molar-refractivity contribution in [3.63, 3.8) is 0 Å². The maximum Gasteiger partial charge on any atom is 0.252 e. The number of nitrogens with zero attached hydrogens (tertiary/aromatic N) is 3. The first-order valence-corrected chi connectivity index (χ1v) is 7.07. The SMILES string of the molecule is Cc1cc(=O)[nH]c(-n2nc(C)cc2Nc2ccc(Cl)cc2)n1. The maximum absolute atomic E-state index is 11.6. The number of hydrogen-bond donors (Lipinski definition) is 2. The summed E-state index contributed by atoms with van der Waals surface area (Å²) in [7, 11) is 0. The third kappa shape index (κ3) is 3.01. The number of benzene rings is 1. The molecule has 3 aromatic rings. The van der Waals surface area contributed by atoms with Crippen LogP contribution in [0.5, 0.6) is 0 Å². The van der Waals surface area contributed by atoms with Crippen LogP contribution >= 0.6 is 11.6 Å². The fourth-order valence-electron chi connectivity index (χ4n) is 2.09. The molecule has 6 nitrogen and oxygen atoms in total. The van der Waals surface area contributed by atoms with E-state index >= 15 is 0 Å². The van der Waals surface area contributed by atoms with E-state index in [1.807, 2.05) is 25.1 Å². The number of H-pyrrole nitrogens is 1. The number of anilines is 2. The number of nitrogens with one attached hydrogen (secondary N) is 2. The van der Waals surface area contributed by atoms with E-state index in [0.717, 1.165) is 11.4 Å². The molecule has 112 valence electrons. The third-order valence-corrected chi connectivity index (χ3v) is 3.26. The molecule has 0 amide bonds. The lowest BCUT2D eigenvalue weighted by Crippen LogP contribution is -2.15. The van der Waals surface area contributed by atoms with Gasteiger partial charge in [0.05, 0.1) is 5.69 Å². The van der Waals surface area contributed by atoms with E-state index in [4.69, 9.17) is 11.6 Å². The lowest BCUT2D eigenvalue weighted by atomic mass is 10.3. The highest BCUT2D eigenvalue weighted by atomic mass is 35.5. The Bertz CT molecular complexity index is 866. The predicted molar refractivity (Wildman–Crippen MR) is 86.2 cm³/mol. The van der Waals surface area contributed by atoms with Crippen LogP contribution in [0.3, 0.4) is 0 Å². The molecule has 0 saturated carbocycles. The van der Waals surface area contributed by atoms with Crippen molar-refractivity contribution in [3.05, 3.63) is 63.2 Å². The van der Waals surface area contributed by atoms with Gasteiger partial charge in [0.15, 0.2) is 0 Å². The van der Waals surface area contributed by atoms with Gasteiger partial charge >= 0.3 is 0 Å². The summed E-state index contributed by atoms with van der Waals surface area (Å²) in [6.45, 7) is 3.64. The van der Waals surface area contributed by atoms with Crippen LogP contribution in [0.2, 0.25) is 5.02 Å². The van der Waals surface area contributed by atoms with Crippen LogP contribution in [0.4, 0.5) is 11.5 Å². The van der Waals surface area contributed by atoms with Gasteiger partial charge in [0.1, 0.15) is 5.82 Å². The van der Waals surface area contributed by atoms with Gasteiger partial charge in [-0.3, -0.25) is 9.78 Å². The molecule has 0 spiro atoms. The average Bonchev–Trinajstić information content (AvgIpc) is 2.81. The predicted octanol–water partition coefficient (Wildman–Crippen LogP) is 2.97. The second-order valence-electron chi connectivity index (χ2n) is 4.93. The van der Waals surface area contributed by atoms with E-state index in [1.54, 1.807) is 23.7 Å². The Balaban J connectivity index is 2.02. The molecule has 2 heterocycles. The minimum absolute atomic E-state index is 0.215. The van der Waals surface area contributed by atoms with Crippen LogP contribution in [0.25, 0.3) is 5.95 Å². The van der Waals surface area contributed by atoms with Gasteiger partial charge in [-0.1, -0.05) is 11.6 Å². The smallest absolute Gasteiger partial charge is 0.252 e. The van der Waals surface area contributed by atoms with Crippen molar-refractivity contribution >= 4 is 23.1 Å². The molecule has 2 aromatic heterocycles. The molecule has 0 unspecified atom stereocenters. The minimum atomic E-state index is -0.215. The summed E-state index contributed by atoms with van der Waals surface area (Å²) in [6, 6.07) is 10.6. The van der Waals surface area contributed by atoms with Crippen LogP contribution < -0.4 is 10.9 Å². The Hall–Kier alpha value is -2.60. The quantitative estimate of drug-likeness (QED) is 0.779. The second kappa shape index (κ2) is 5.65. The summed E-state index contributed by atoms with van der Waals surface area (Å²) >= 11 is 5.89. The zero-order valence-electron chi connectivity index (χ0n) is 12.1. The molecule has 7 heteroatoms. The van der Waals surface area contributed by atoms with Gasteiger partial charge in [-0.05, 0) is 38.1 Å². The summed E-state index contributed by atoms with van der Waals surface area (Å²) in [4.78, 5) is 18.6. The lowest BCUT2D eigenvalue weighted by Gasteiger charge is -2.09. The zero-order chi connectivity index (χ0) is 15.7. The van der Waals surface area contributed by atoms with Gasteiger partial charge in [-0.2, -0.15) is 9.78 Å². The van der Waals surface area contributed by atoms with E-state index in [1.165, 1.54) is 6.07 Å². The normalized spacial score (nSPS) is 10.7. The standard InChI is InChI=1S/C15H14ClN5O/c1-9-8-14(22)19-15(17-9)21-13(7-10(2)20-21)18-12-5-3-11(16)4-6-12/h3-8,18H,1-2H3,(H,17,19,22). The Kier molecular flexibility index (Phi) is 3.68. The molecular weight excluding hydrogens is 302 g/mol. The highest BCUT2D eigenvalue weighted by molar-refractivity contribution is 6.30. The second-order valence-corrected chi connectivity index (χ2v) is 5.36. The number of aryl methyl sites for hydroxylation is 2. The van der Waals surface area contributed by atoms with Crippen LogP contribution in [0.15, 0.2) is 41.2 Å². The minimum Gasteiger partial charge on any atom is -0.340 e. The van der Waals surface area contributed by atoms with Crippen LogP contribution in [0.1, 0.15) is 11.4 Å². The van der Waals surface area contributed by atoms with Gasteiger partial charge in [0, 0.05) is 28.5 Å². The Morgan fingerprint density at radius 3 is 2.55 bits per heavy atom. The largest absolute Gasteiger partial charge is 0.340 e. The molecule has 0 fully saturated rings. The van der Waals surface area contributed by atoms with E-state index in [2.05, 4.69) is 20.4 Å². The van der Waals surface area contributed by atoms with Crippen molar-refractivity contribution in [2.45, 2.75) is 13.8 Å². The van der Waals surface area contributed by atoms with Gasteiger partial charge in [-0.25, -0.2) is 4.98 Å². The van der Waals surface area contributed by atoms with E-state index in [-0.39, 0.29) is 5.56 Å². The fraction of sp³-hybridized carbons (Fsp3) is 0.133. The number of aromatic amines is 1. The highest BCUT2D eigenvalue weighted by Gasteiger charge is 2.10. The first-order valence-electron chi connectivity index (χ1n) is 6.69. The van der Waals surface area contributed by atoms with E-state index < -0.39 is 0 Å². The molecule has 2 N–H and O–H groups in total. The van der Waals surface area contributed by atoms with Crippen molar-refractivity contribution in [2.24, 2.45) is 0 Å². The molecule has 0 aliphatic carbocycles. The molecule has 1 aromatic carbocycles. The van der Waals surface area contributed by atoms with Gasteiger partial charge in [0.25, 0.3) is 5.56 Å². The Labute approximate surface area is 131 Å². The average molecular weight is 316 g/mol. The summed E-state index contributed by atoms with van der Waals surface area (Å²) in [5, 5.41) is 8.28. The summed E-state index contributed by atoms with van der Waals surface area (Å²) in [5.41, 5.74) is 2.08. The van der Waals surface area contributed by atoms with E-state index in [9.17, 15) is 4.79 Å². The van der Waals surface area contributed by atoms with Gasteiger partial charge in [-0.15, -0.1) is 0 Å².